The van der Waals surface area contributed by atoms with Crippen LogP contribution in [0.5, 0.6) is 0 Å². The van der Waals surface area contributed by atoms with E-state index in [0.717, 1.165) is 6.07 Å². The quantitative estimate of drug-likeness (QED) is 0.725. The first-order chi connectivity index (χ1) is 8.45. The predicted molar refractivity (Wildman–Crippen MR) is 69.5 cm³/mol. The molecule has 1 aromatic rings. The number of hydrogen-bond donors (Lipinski definition) is 3. The zero-order valence-corrected chi connectivity index (χ0v) is 11.3. The van der Waals surface area contributed by atoms with E-state index in [1.54, 1.807) is 0 Å². The van der Waals surface area contributed by atoms with Gasteiger partial charge in [-0.15, -0.1) is 0 Å². The molecular weight excluding hydrogens is 305 g/mol. The zero-order valence-electron chi connectivity index (χ0n) is 9.72. The van der Waals surface area contributed by atoms with Gasteiger partial charge in [0.15, 0.2) is 0 Å². The number of hydrogen-bond acceptors (Lipinski definition) is 3. The van der Waals surface area contributed by atoms with Crippen molar-refractivity contribution in [2.75, 3.05) is 19.3 Å². The van der Waals surface area contributed by atoms with Crippen LogP contribution < -0.4 is 16.4 Å². The van der Waals surface area contributed by atoms with Crippen LogP contribution in [-0.4, -0.2) is 25.4 Å². The predicted octanol–water partition coefficient (Wildman–Crippen LogP) is 1.04. The molecule has 7 heteroatoms. The van der Waals surface area contributed by atoms with Crippen LogP contribution in [0.2, 0.25) is 0 Å². The van der Waals surface area contributed by atoms with E-state index < -0.39 is 11.7 Å². The maximum Gasteiger partial charge on any atom is 0.253 e. The molecule has 0 atom stereocenters. The molecule has 0 aliphatic rings. The Morgan fingerprint density at radius 1 is 1.44 bits per heavy atom. The lowest BCUT2D eigenvalue weighted by Gasteiger charge is -2.08. The summed E-state index contributed by atoms with van der Waals surface area (Å²) >= 11 is 2.97. The Kier molecular flexibility index (Phi) is 5.08. The Labute approximate surface area is 112 Å². The number of nitrogens with one attached hydrogen (secondary N) is 2. The van der Waals surface area contributed by atoms with Crippen LogP contribution in [0.4, 0.5) is 10.1 Å². The summed E-state index contributed by atoms with van der Waals surface area (Å²) in [5.41, 5.74) is 5.83. The molecular formula is C11H13BrFN3O2. The standard InChI is InChI=1S/C11H13BrFN3O2/c1-15-10(17)2-3-16-11(18)6-4-8(13)7(12)5-9(6)14/h4-5H,2-3,14H2,1H3,(H,15,17)(H,16,18). The first-order valence-electron chi connectivity index (χ1n) is 5.19. The maximum atomic E-state index is 13.3. The average Bonchev–Trinajstić information content (AvgIpc) is 2.33. The molecule has 18 heavy (non-hydrogen) atoms. The third-order valence-corrected chi connectivity index (χ3v) is 2.86. The fourth-order valence-electron chi connectivity index (χ4n) is 1.27. The van der Waals surface area contributed by atoms with Gasteiger partial charge in [-0.1, -0.05) is 0 Å². The molecule has 0 aliphatic carbocycles. The molecule has 2 amide bonds. The van der Waals surface area contributed by atoms with Gasteiger partial charge in [0, 0.05) is 25.7 Å². The Bertz CT molecular complexity index is 480. The summed E-state index contributed by atoms with van der Waals surface area (Å²) in [6.07, 6.45) is 0.154. The van der Waals surface area contributed by atoms with Gasteiger partial charge in [0.25, 0.3) is 5.91 Å². The molecule has 0 aromatic heterocycles. The van der Waals surface area contributed by atoms with Crippen molar-refractivity contribution in [3.63, 3.8) is 0 Å². The number of amides is 2. The molecule has 0 spiro atoms. The van der Waals surface area contributed by atoms with Gasteiger partial charge in [0.1, 0.15) is 5.82 Å². The van der Waals surface area contributed by atoms with Gasteiger partial charge in [-0.25, -0.2) is 4.39 Å². The fraction of sp³-hybridized carbons (Fsp3) is 0.273. The highest BCUT2D eigenvalue weighted by Gasteiger charge is 2.13. The molecule has 0 bridgehead atoms. The monoisotopic (exact) mass is 317 g/mol. The van der Waals surface area contributed by atoms with Crippen LogP contribution in [0.25, 0.3) is 0 Å². The summed E-state index contributed by atoms with van der Waals surface area (Å²) in [5, 5.41) is 4.92. The minimum absolute atomic E-state index is 0.0487. The molecule has 0 aliphatic heterocycles. The van der Waals surface area contributed by atoms with E-state index in [0.29, 0.717) is 0 Å². The minimum atomic E-state index is -0.569. The maximum absolute atomic E-state index is 13.3. The summed E-state index contributed by atoms with van der Waals surface area (Å²) in [6, 6.07) is 2.37. The molecule has 1 rings (SSSR count). The lowest BCUT2D eigenvalue weighted by atomic mass is 10.1. The van der Waals surface area contributed by atoms with Gasteiger partial charge < -0.3 is 16.4 Å². The topological polar surface area (TPSA) is 84.2 Å². The van der Waals surface area contributed by atoms with E-state index in [2.05, 4.69) is 26.6 Å². The average molecular weight is 318 g/mol. The van der Waals surface area contributed by atoms with E-state index in [9.17, 15) is 14.0 Å². The summed E-state index contributed by atoms with van der Waals surface area (Å²) in [4.78, 5) is 22.6. The Hall–Kier alpha value is -1.63. The summed E-state index contributed by atoms with van der Waals surface area (Å²) in [7, 11) is 1.51. The minimum Gasteiger partial charge on any atom is -0.398 e. The van der Waals surface area contributed by atoms with Crippen LogP contribution in [0.1, 0.15) is 16.8 Å². The lowest BCUT2D eigenvalue weighted by molar-refractivity contribution is -0.120. The highest BCUT2D eigenvalue weighted by atomic mass is 79.9. The summed E-state index contributed by atoms with van der Waals surface area (Å²) in [5.74, 6) is -1.27. The Morgan fingerprint density at radius 3 is 2.72 bits per heavy atom. The fourth-order valence-corrected chi connectivity index (χ4v) is 1.63. The molecule has 1 aromatic carbocycles. The molecule has 0 saturated heterocycles. The van der Waals surface area contributed by atoms with E-state index in [4.69, 9.17) is 5.73 Å². The molecule has 0 radical (unpaired) electrons. The van der Waals surface area contributed by atoms with Crippen LogP contribution in [0, 0.1) is 5.82 Å². The normalized spacial score (nSPS) is 9.94. The smallest absolute Gasteiger partial charge is 0.253 e. The number of nitrogen functional groups attached to an aromatic ring is 1. The number of halogens is 2. The van der Waals surface area contributed by atoms with Crippen molar-refractivity contribution in [3.05, 3.63) is 28.0 Å². The van der Waals surface area contributed by atoms with Gasteiger partial charge >= 0.3 is 0 Å². The Morgan fingerprint density at radius 2 is 2.11 bits per heavy atom. The molecule has 4 N–H and O–H groups in total. The highest BCUT2D eigenvalue weighted by molar-refractivity contribution is 9.10. The third-order valence-electron chi connectivity index (χ3n) is 2.25. The van der Waals surface area contributed by atoms with E-state index in [1.807, 2.05) is 0 Å². The summed E-state index contributed by atoms with van der Waals surface area (Å²) in [6.45, 7) is 0.162. The molecule has 0 fully saturated rings. The number of benzene rings is 1. The van der Waals surface area contributed by atoms with E-state index >= 15 is 0 Å². The zero-order chi connectivity index (χ0) is 13.7. The largest absolute Gasteiger partial charge is 0.398 e. The van der Waals surface area contributed by atoms with Gasteiger partial charge in [-0.3, -0.25) is 9.59 Å². The van der Waals surface area contributed by atoms with Crippen molar-refractivity contribution >= 4 is 33.4 Å². The number of rotatable bonds is 4. The molecule has 5 nitrogen and oxygen atoms in total. The highest BCUT2D eigenvalue weighted by Crippen LogP contribution is 2.22. The van der Waals surface area contributed by atoms with Crippen molar-refractivity contribution in [2.24, 2.45) is 0 Å². The number of anilines is 1. The molecule has 0 heterocycles. The van der Waals surface area contributed by atoms with Gasteiger partial charge in [-0.2, -0.15) is 0 Å². The third kappa shape index (κ3) is 3.69. The van der Waals surface area contributed by atoms with E-state index in [-0.39, 0.29) is 34.6 Å². The van der Waals surface area contributed by atoms with Crippen LogP contribution in [-0.2, 0) is 4.79 Å². The van der Waals surface area contributed by atoms with Crippen molar-refractivity contribution < 1.29 is 14.0 Å². The number of carbonyl (C=O) groups excluding carboxylic acids is 2. The van der Waals surface area contributed by atoms with Crippen molar-refractivity contribution in [1.82, 2.24) is 10.6 Å². The van der Waals surface area contributed by atoms with Crippen LogP contribution >= 0.6 is 15.9 Å². The van der Waals surface area contributed by atoms with Crippen molar-refractivity contribution in [1.29, 1.82) is 0 Å². The van der Waals surface area contributed by atoms with Gasteiger partial charge in [0.05, 0.1) is 10.0 Å². The first kappa shape index (κ1) is 14.4. The second-order valence-corrected chi connectivity index (χ2v) is 4.39. The summed E-state index contributed by atoms with van der Waals surface area (Å²) < 4.78 is 13.5. The molecule has 0 saturated carbocycles. The lowest BCUT2D eigenvalue weighted by Crippen LogP contribution is -2.29. The number of nitrogens with two attached hydrogens (primary N) is 1. The van der Waals surface area contributed by atoms with Crippen LogP contribution in [0.15, 0.2) is 16.6 Å². The van der Waals surface area contributed by atoms with E-state index in [1.165, 1.54) is 13.1 Å². The number of carbonyl (C=O) groups is 2. The van der Waals surface area contributed by atoms with Crippen molar-refractivity contribution in [3.8, 4) is 0 Å². The molecule has 0 unspecified atom stereocenters. The molecule has 98 valence electrons. The van der Waals surface area contributed by atoms with Gasteiger partial charge in [-0.05, 0) is 28.1 Å². The second-order valence-electron chi connectivity index (χ2n) is 3.53. The first-order valence-corrected chi connectivity index (χ1v) is 5.98. The second kappa shape index (κ2) is 6.34. The van der Waals surface area contributed by atoms with Crippen molar-refractivity contribution in [2.45, 2.75) is 6.42 Å². The van der Waals surface area contributed by atoms with Gasteiger partial charge in [0.2, 0.25) is 5.91 Å². The Balaban J connectivity index is 2.67. The SMILES string of the molecule is CNC(=O)CCNC(=O)c1cc(F)c(Br)cc1N. The van der Waals surface area contributed by atoms with Crippen LogP contribution in [0.3, 0.4) is 0 Å².